The fourth-order valence-corrected chi connectivity index (χ4v) is 5.55. The van der Waals surface area contributed by atoms with E-state index in [1.54, 1.807) is 12.1 Å². The average molecular weight is 560 g/mol. The molecule has 1 aromatic heterocycles. The van der Waals surface area contributed by atoms with Gasteiger partial charge in [0.2, 0.25) is 5.52 Å². The van der Waals surface area contributed by atoms with Crippen LogP contribution >= 0.6 is 11.3 Å². The number of aromatic nitrogens is 1. The van der Waals surface area contributed by atoms with Crippen LogP contribution in [0.4, 0.5) is 13.2 Å². The molecule has 0 fully saturated rings. The highest BCUT2D eigenvalue weighted by Gasteiger charge is 2.32. The third-order valence-electron chi connectivity index (χ3n) is 5.85. The molecule has 0 radical (unpaired) electrons. The molecule has 198 valence electrons. The van der Waals surface area contributed by atoms with Gasteiger partial charge in [-0.05, 0) is 62.8 Å². The highest BCUT2D eigenvalue weighted by molar-refractivity contribution is 7.85. The number of alkyl halides is 3. The second-order valence-electron chi connectivity index (χ2n) is 8.60. The summed E-state index contributed by atoms with van der Waals surface area (Å²) >= 11 is 1.45. The number of ether oxygens (including phenoxy) is 1. The van der Waals surface area contributed by atoms with Crippen molar-refractivity contribution in [2.75, 3.05) is 0 Å². The molecular weight excluding hydrogens is 535 g/mol. The first-order chi connectivity index (χ1) is 17.9. The van der Waals surface area contributed by atoms with E-state index in [1.165, 1.54) is 35.6 Å². The molecule has 0 bridgehead atoms. The first-order valence-electron chi connectivity index (χ1n) is 11.6. The van der Waals surface area contributed by atoms with Crippen molar-refractivity contribution in [3.05, 3.63) is 100 Å². The number of nitrogens with zero attached hydrogens (tertiary/aromatic N) is 1. The zero-order chi connectivity index (χ0) is 27.7. The summed E-state index contributed by atoms with van der Waals surface area (Å²) in [4.78, 5) is -0.178. The Kier molecular flexibility index (Phi) is 7.78. The van der Waals surface area contributed by atoms with Crippen molar-refractivity contribution in [3.8, 4) is 5.75 Å². The van der Waals surface area contributed by atoms with E-state index < -0.39 is 21.9 Å². The lowest BCUT2D eigenvalue weighted by atomic mass is 10.0. The molecule has 0 spiro atoms. The van der Waals surface area contributed by atoms with Crippen LogP contribution in [0.3, 0.4) is 0 Å². The van der Waals surface area contributed by atoms with Crippen molar-refractivity contribution in [1.29, 1.82) is 0 Å². The summed E-state index contributed by atoms with van der Waals surface area (Å²) in [6.45, 7) is 6.33. The molecule has 5 rings (SSSR count). The zero-order valence-electron chi connectivity index (χ0n) is 20.7. The van der Waals surface area contributed by atoms with Crippen LogP contribution in [0, 0.1) is 6.92 Å². The fourth-order valence-electron chi connectivity index (χ4n) is 3.94. The molecule has 0 N–H and O–H groups in total. The van der Waals surface area contributed by atoms with Gasteiger partial charge in [0.25, 0.3) is 5.01 Å². The number of fused-ring (bicyclic) bond motifs is 2. The summed E-state index contributed by atoms with van der Waals surface area (Å²) in [5.41, 5.74) is 3.02. The Morgan fingerprint density at radius 3 is 2.34 bits per heavy atom. The summed E-state index contributed by atoms with van der Waals surface area (Å²) in [7, 11) is -4.27. The number of benzene rings is 3. The third-order valence-corrected chi connectivity index (χ3v) is 7.81. The topological polar surface area (TPSA) is 70.3 Å². The molecule has 0 saturated carbocycles. The van der Waals surface area contributed by atoms with Crippen LogP contribution in [-0.4, -0.2) is 13.0 Å². The van der Waals surface area contributed by atoms with Crippen LogP contribution in [0.25, 0.3) is 21.9 Å². The van der Waals surface area contributed by atoms with Gasteiger partial charge in [0.05, 0.1) is 16.5 Å². The highest BCUT2D eigenvalue weighted by Crippen LogP contribution is 2.35. The fraction of sp³-hybridized carbons (Fsp3) is 0.179. The van der Waals surface area contributed by atoms with Gasteiger partial charge in [-0.25, -0.2) is 8.42 Å². The molecule has 0 aliphatic carbocycles. The molecule has 0 amide bonds. The van der Waals surface area contributed by atoms with E-state index in [9.17, 15) is 26.1 Å². The predicted molar refractivity (Wildman–Crippen MR) is 141 cm³/mol. The number of rotatable bonds is 3. The van der Waals surface area contributed by atoms with Gasteiger partial charge in [0.15, 0.2) is 0 Å². The normalized spacial score (nSPS) is 14.4. The van der Waals surface area contributed by atoms with Gasteiger partial charge in [-0.15, -0.1) is 0 Å². The molecule has 1 aliphatic heterocycles. The van der Waals surface area contributed by atoms with E-state index in [1.807, 2.05) is 61.8 Å². The van der Waals surface area contributed by atoms with Gasteiger partial charge >= 0.3 is 6.18 Å². The van der Waals surface area contributed by atoms with Crippen molar-refractivity contribution >= 4 is 43.3 Å². The molecule has 38 heavy (non-hydrogen) atoms. The molecule has 0 atom stereocenters. The van der Waals surface area contributed by atoms with Crippen LogP contribution in [0.5, 0.6) is 5.75 Å². The van der Waals surface area contributed by atoms with Gasteiger partial charge in [-0.2, -0.15) is 17.7 Å². The quantitative estimate of drug-likeness (QED) is 0.201. The first kappa shape index (κ1) is 27.6. The van der Waals surface area contributed by atoms with Crippen molar-refractivity contribution < 1.29 is 35.4 Å². The lowest BCUT2D eigenvalue weighted by Crippen LogP contribution is -2.33. The number of hydrogen-bond acceptors (Lipinski definition) is 5. The maximum atomic E-state index is 13.1. The zero-order valence-corrected chi connectivity index (χ0v) is 22.4. The summed E-state index contributed by atoms with van der Waals surface area (Å²) < 4.78 is 79.0. The molecule has 1 aliphatic rings. The van der Waals surface area contributed by atoms with Crippen LogP contribution in [0.2, 0.25) is 0 Å². The summed E-state index contributed by atoms with van der Waals surface area (Å²) in [6.07, 6.45) is -0.509. The predicted octanol–water partition coefficient (Wildman–Crippen LogP) is 6.96. The van der Waals surface area contributed by atoms with E-state index in [4.69, 9.17) is 4.74 Å². The van der Waals surface area contributed by atoms with E-state index in [0.717, 1.165) is 38.2 Å². The van der Waals surface area contributed by atoms with Crippen molar-refractivity contribution in [1.82, 2.24) is 0 Å². The van der Waals surface area contributed by atoms with Gasteiger partial charge < -0.3 is 9.29 Å². The molecule has 4 aromatic rings. The van der Waals surface area contributed by atoms with E-state index in [2.05, 4.69) is 0 Å². The number of para-hydroxylation sites is 1. The third kappa shape index (κ3) is 6.15. The molecule has 3 aromatic carbocycles. The Hall–Kier alpha value is -3.47. The maximum absolute atomic E-state index is 13.1. The Bertz CT molecular complexity index is 1650. The smallest absolute Gasteiger partial charge is 0.416 e. The number of hydrogen-bond donors (Lipinski definition) is 0. The van der Waals surface area contributed by atoms with Crippen LogP contribution in [0.15, 0.2) is 83.5 Å². The van der Waals surface area contributed by atoms with Crippen molar-refractivity contribution in [2.24, 2.45) is 0 Å². The van der Waals surface area contributed by atoms with E-state index in [-0.39, 0.29) is 4.90 Å². The van der Waals surface area contributed by atoms with E-state index in [0.29, 0.717) is 17.8 Å². The Labute approximate surface area is 222 Å². The average Bonchev–Trinajstić information content (AvgIpc) is 3.19. The second-order valence-corrected chi connectivity index (χ2v) is 11.0. The summed E-state index contributed by atoms with van der Waals surface area (Å²) in [5, 5.41) is 0.852. The lowest BCUT2D eigenvalue weighted by molar-refractivity contribution is -0.665. The maximum Gasteiger partial charge on any atom is 0.416 e. The van der Waals surface area contributed by atoms with Crippen molar-refractivity contribution in [2.45, 2.75) is 38.4 Å². The Morgan fingerprint density at radius 2 is 1.71 bits per heavy atom. The molecule has 10 heteroatoms. The number of allylic oxidation sites excluding steroid dienone is 2. The molecular formula is C28H24F3NO4S2. The molecule has 5 nitrogen and oxygen atoms in total. The SMILES string of the molecule is CC[n+]1c(C=C2C=C(C)c3ccccc3O2)sc2ccc(C(F)(F)F)cc21.Cc1ccc(S(=O)(=O)[O-])cc1. The molecule has 2 heterocycles. The number of halogens is 3. The Balaban J connectivity index is 0.000000257. The molecule has 0 saturated heterocycles. The van der Waals surface area contributed by atoms with Crippen LogP contribution < -0.4 is 9.30 Å². The number of thiazole rings is 1. The summed E-state index contributed by atoms with van der Waals surface area (Å²) in [5.74, 6) is 1.46. The minimum absolute atomic E-state index is 0.178. The van der Waals surface area contributed by atoms with Crippen LogP contribution in [0.1, 0.15) is 35.5 Å². The minimum atomic E-state index is -4.35. The van der Waals surface area contributed by atoms with Gasteiger partial charge in [0, 0.05) is 11.6 Å². The first-order valence-corrected chi connectivity index (χ1v) is 13.8. The largest absolute Gasteiger partial charge is 0.744 e. The second kappa shape index (κ2) is 10.7. The van der Waals surface area contributed by atoms with Gasteiger partial charge in [0.1, 0.15) is 32.9 Å². The summed E-state index contributed by atoms with van der Waals surface area (Å²) in [6, 6.07) is 17.5. The van der Waals surface area contributed by atoms with E-state index >= 15 is 0 Å². The van der Waals surface area contributed by atoms with Crippen molar-refractivity contribution in [3.63, 3.8) is 0 Å². The monoisotopic (exact) mass is 559 g/mol. The Morgan fingerprint density at radius 1 is 1.03 bits per heavy atom. The van der Waals surface area contributed by atoms with Gasteiger partial charge in [-0.1, -0.05) is 47.2 Å². The number of aryl methyl sites for hydroxylation is 2. The van der Waals surface area contributed by atoms with Gasteiger partial charge in [-0.3, -0.25) is 0 Å². The highest BCUT2D eigenvalue weighted by atomic mass is 32.2. The van der Waals surface area contributed by atoms with Crippen LogP contribution in [-0.2, 0) is 22.8 Å². The standard InChI is InChI=1S/C21H17F3NOS.C7H8O3S/c1-3-25-17-11-14(21(22,23)24)8-9-19(17)27-20(25)12-15-10-13(2)16-6-4-5-7-18(16)26-15;1-6-2-4-7(5-3-6)11(8,9)10/h4-12H,3H2,1-2H3;2-5H,1H3,(H,8,9,10)/q+1;/p-1. The molecule has 0 unspecified atom stereocenters. The minimum Gasteiger partial charge on any atom is -0.744 e. The lowest BCUT2D eigenvalue weighted by Gasteiger charge is -2.17.